The van der Waals surface area contributed by atoms with Crippen LogP contribution in [0.1, 0.15) is 29.3 Å². The van der Waals surface area contributed by atoms with E-state index in [4.69, 9.17) is 4.98 Å². The molecular formula is C24H25N7O2. The smallest absolute Gasteiger partial charge is 0.260 e. The van der Waals surface area contributed by atoms with E-state index < -0.39 is 0 Å². The fourth-order valence-electron chi connectivity index (χ4n) is 4.39. The van der Waals surface area contributed by atoms with E-state index in [9.17, 15) is 9.59 Å². The molecule has 1 unspecified atom stereocenters. The van der Waals surface area contributed by atoms with Crippen molar-refractivity contribution < 1.29 is 4.79 Å². The Labute approximate surface area is 190 Å². The van der Waals surface area contributed by atoms with Crippen LogP contribution in [0.3, 0.4) is 0 Å². The quantitative estimate of drug-likeness (QED) is 0.522. The number of benzene rings is 2. The molecule has 9 nitrogen and oxygen atoms in total. The first-order valence-electron chi connectivity index (χ1n) is 11.0. The number of anilines is 1. The van der Waals surface area contributed by atoms with Gasteiger partial charge in [0.1, 0.15) is 0 Å². The average Bonchev–Trinajstić information content (AvgIpc) is 3.28. The zero-order valence-corrected chi connectivity index (χ0v) is 18.6. The van der Waals surface area contributed by atoms with Crippen LogP contribution in [0.2, 0.25) is 0 Å². The number of amides is 1. The molecule has 1 aliphatic heterocycles. The Morgan fingerprint density at radius 1 is 1.03 bits per heavy atom. The van der Waals surface area contributed by atoms with E-state index in [0.29, 0.717) is 47.7 Å². The predicted octanol–water partition coefficient (Wildman–Crippen LogP) is 2.55. The number of carbonyl (C=O) groups excluding carboxylic acids is 1. The molecular weight excluding hydrogens is 418 g/mol. The summed E-state index contributed by atoms with van der Waals surface area (Å²) in [4.78, 5) is 39.3. The number of hydrogen-bond donors (Lipinski definition) is 1. The lowest BCUT2D eigenvalue weighted by Gasteiger charge is -2.27. The number of fused-ring (bicyclic) bond motifs is 1. The van der Waals surface area contributed by atoms with Crippen LogP contribution in [0.4, 0.5) is 5.95 Å². The van der Waals surface area contributed by atoms with Crippen molar-refractivity contribution in [1.29, 1.82) is 0 Å². The van der Waals surface area contributed by atoms with Gasteiger partial charge >= 0.3 is 0 Å². The van der Waals surface area contributed by atoms with Crippen molar-refractivity contribution in [2.24, 2.45) is 0 Å². The van der Waals surface area contributed by atoms with Crippen LogP contribution in [0.15, 0.2) is 59.7 Å². The second-order valence-electron chi connectivity index (χ2n) is 8.32. The molecule has 2 aromatic carbocycles. The summed E-state index contributed by atoms with van der Waals surface area (Å²) in [5.74, 6) is 0.480. The molecule has 0 bridgehead atoms. The second-order valence-corrected chi connectivity index (χ2v) is 8.32. The number of carbonyl (C=O) groups is 1. The van der Waals surface area contributed by atoms with Crippen molar-refractivity contribution in [1.82, 2.24) is 29.9 Å². The predicted molar refractivity (Wildman–Crippen MR) is 126 cm³/mol. The van der Waals surface area contributed by atoms with E-state index in [1.165, 1.54) is 4.80 Å². The SMILES string of the molecule is Cc1cccc2nc(N3CCC(C)N(C(=O)c4ccccc4-n4nccn4)CC3)[nH]c(=O)c12. The van der Waals surface area contributed by atoms with Crippen LogP contribution in [0, 0.1) is 6.92 Å². The molecule has 0 spiro atoms. The molecule has 1 saturated heterocycles. The Morgan fingerprint density at radius 2 is 1.82 bits per heavy atom. The molecule has 1 atom stereocenters. The monoisotopic (exact) mass is 443 g/mol. The van der Waals surface area contributed by atoms with Crippen molar-refractivity contribution in [3.8, 4) is 5.69 Å². The second kappa shape index (κ2) is 8.50. The van der Waals surface area contributed by atoms with Gasteiger partial charge in [-0.15, -0.1) is 0 Å². The van der Waals surface area contributed by atoms with Crippen molar-refractivity contribution in [3.05, 3.63) is 76.3 Å². The highest BCUT2D eigenvalue weighted by atomic mass is 16.2. The lowest BCUT2D eigenvalue weighted by Crippen LogP contribution is -2.40. The number of aryl methyl sites for hydroxylation is 1. The molecule has 1 amide bonds. The van der Waals surface area contributed by atoms with Crippen molar-refractivity contribution >= 4 is 22.8 Å². The first-order chi connectivity index (χ1) is 16.0. The van der Waals surface area contributed by atoms with Gasteiger partial charge in [-0.3, -0.25) is 14.6 Å². The molecule has 0 aliphatic carbocycles. The number of aromatic amines is 1. The highest BCUT2D eigenvalue weighted by Gasteiger charge is 2.28. The summed E-state index contributed by atoms with van der Waals surface area (Å²) in [6, 6.07) is 13.1. The van der Waals surface area contributed by atoms with Crippen LogP contribution < -0.4 is 10.5 Å². The average molecular weight is 444 g/mol. The molecule has 33 heavy (non-hydrogen) atoms. The molecule has 4 aromatic rings. The van der Waals surface area contributed by atoms with Gasteiger partial charge in [-0.2, -0.15) is 15.0 Å². The Balaban J connectivity index is 1.42. The summed E-state index contributed by atoms with van der Waals surface area (Å²) in [7, 11) is 0. The molecule has 5 rings (SSSR count). The van der Waals surface area contributed by atoms with Crippen LogP contribution in [0.5, 0.6) is 0 Å². The number of H-pyrrole nitrogens is 1. The summed E-state index contributed by atoms with van der Waals surface area (Å²) in [6.45, 7) is 5.73. The van der Waals surface area contributed by atoms with E-state index in [2.05, 4.69) is 22.1 Å². The van der Waals surface area contributed by atoms with Gasteiger partial charge in [0.2, 0.25) is 5.95 Å². The van der Waals surface area contributed by atoms with Crippen LogP contribution in [-0.2, 0) is 0 Å². The molecule has 168 valence electrons. The summed E-state index contributed by atoms with van der Waals surface area (Å²) in [6.07, 6.45) is 3.93. The summed E-state index contributed by atoms with van der Waals surface area (Å²) in [5.41, 5.74) is 2.65. The number of hydrogen-bond acceptors (Lipinski definition) is 6. The normalized spacial score (nSPS) is 16.7. The number of para-hydroxylation sites is 1. The number of nitrogens with zero attached hydrogens (tertiary/aromatic N) is 6. The molecule has 0 radical (unpaired) electrons. The van der Waals surface area contributed by atoms with Gasteiger partial charge in [0.25, 0.3) is 11.5 Å². The first kappa shape index (κ1) is 20.9. The Bertz CT molecular complexity index is 1360. The van der Waals surface area contributed by atoms with Gasteiger partial charge < -0.3 is 9.80 Å². The Morgan fingerprint density at radius 3 is 2.64 bits per heavy atom. The Hall–Kier alpha value is -4.01. The fraction of sp³-hybridized carbons (Fsp3) is 0.292. The Kier molecular flexibility index (Phi) is 5.37. The third kappa shape index (κ3) is 3.86. The van der Waals surface area contributed by atoms with E-state index in [-0.39, 0.29) is 17.5 Å². The summed E-state index contributed by atoms with van der Waals surface area (Å²) >= 11 is 0. The molecule has 0 saturated carbocycles. The van der Waals surface area contributed by atoms with E-state index in [1.54, 1.807) is 18.5 Å². The zero-order valence-electron chi connectivity index (χ0n) is 18.6. The minimum absolute atomic E-state index is 0.0237. The molecule has 2 aromatic heterocycles. The van der Waals surface area contributed by atoms with Gasteiger partial charge in [0, 0.05) is 25.7 Å². The molecule has 3 heterocycles. The molecule has 9 heteroatoms. The van der Waals surface area contributed by atoms with Gasteiger partial charge in [0.15, 0.2) is 0 Å². The maximum Gasteiger partial charge on any atom is 0.260 e. The third-order valence-electron chi connectivity index (χ3n) is 6.22. The van der Waals surface area contributed by atoms with E-state index in [1.807, 2.05) is 53.1 Å². The fourth-order valence-corrected chi connectivity index (χ4v) is 4.39. The van der Waals surface area contributed by atoms with Crippen molar-refractivity contribution in [2.45, 2.75) is 26.3 Å². The topological polar surface area (TPSA) is 100 Å². The lowest BCUT2D eigenvalue weighted by atomic mass is 10.1. The van der Waals surface area contributed by atoms with Crippen molar-refractivity contribution in [2.75, 3.05) is 24.5 Å². The van der Waals surface area contributed by atoms with Crippen LogP contribution in [-0.4, -0.2) is 61.4 Å². The number of aromatic nitrogens is 5. The first-order valence-corrected chi connectivity index (χ1v) is 11.0. The summed E-state index contributed by atoms with van der Waals surface area (Å²) < 4.78 is 0. The molecule has 1 fully saturated rings. The van der Waals surface area contributed by atoms with E-state index in [0.717, 1.165) is 12.0 Å². The van der Waals surface area contributed by atoms with Gasteiger partial charge in [-0.05, 0) is 44.0 Å². The van der Waals surface area contributed by atoms with Crippen LogP contribution in [0.25, 0.3) is 16.6 Å². The van der Waals surface area contributed by atoms with Gasteiger partial charge in [-0.1, -0.05) is 24.3 Å². The lowest BCUT2D eigenvalue weighted by molar-refractivity contribution is 0.0705. The minimum Gasteiger partial charge on any atom is -0.340 e. The van der Waals surface area contributed by atoms with Crippen LogP contribution >= 0.6 is 0 Å². The molecule has 1 N–H and O–H groups in total. The van der Waals surface area contributed by atoms with Gasteiger partial charge in [-0.25, -0.2) is 4.98 Å². The maximum absolute atomic E-state index is 13.6. The van der Waals surface area contributed by atoms with Crippen molar-refractivity contribution in [3.63, 3.8) is 0 Å². The van der Waals surface area contributed by atoms with Gasteiger partial charge in [0.05, 0.1) is 34.5 Å². The molecule has 1 aliphatic rings. The highest BCUT2D eigenvalue weighted by molar-refractivity contribution is 5.98. The third-order valence-corrected chi connectivity index (χ3v) is 6.22. The standard InChI is InChI=1S/C24H25N7O2/c1-16-6-5-8-19-21(16)22(32)28-24(27-19)29-13-10-17(2)30(15-14-29)23(33)18-7-3-4-9-20(18)31-25-11-12-26-31/h3-9,11-12,17H,10,13-15H2,1-2H3,(H,27,28,32). The highest BCUT2D eigenvalue weighted by Crippen LogP contribution is 2.22. The zero-order chi connectivity index (χ0) is 22.9. The minimum atomic E-state index is -0.140. The number of rotatable bonds is 3. The largest absolute Gasteiger partial charge is 0.340 e. The number of nitrogens with one attached hydrogen (secondary N) is 1. The summed E-state index contributed by atoms with van der Waals surface area (Å²) in [5, 5.41) is 8.99. The van der Waals surface area contributed by atoms with E-state index >= 15 is 0 Å². The maximum atomic E-state index is 13.6.